The van der Waals surface area contributed by atoms with Crippen LogP contribution in [0.15, 0.2) is 42.5 Å². The first-order valence-electron chi connectivity index (χ1n) is 8.85. The van der Waals surface area contributed by atoms with E-state index in [2.05, 4.69) is 5.32 Å². The van der Waals surface area contributed by atoms with Crippen LogP contribution in [-0.2, 0) is 14.6 Å². The lowest BCUT2D eigenvalue weighted by atomic mass is 10.1. The van der Waals surface area contributed by atoms with Gasteiger partial charge in [-0.25, -0.2) is 8.42 Å². The van der Waals surface area contributed by atoms with Crippen molar-refractivity contribution in [3.8, 4) is 0 Å². The molecule has 5 nitrogen and oxygen atoms in total. The topological polar surface area (TPSA) is 66.5 Å². The summed E-state index contributed by atoms with van der Waals surface area (Å²) in [5.74, 6) is -0.0675. The predicted molar refractivity (Wildman–Crippen MR) is 110 cm³/mol. The summed E-state index contributed by atoms with van der Waals surface area (Å²) in [6.07, 6.45) is 0.452. The van der Waals surface area contributed by atoms with E-state index in [1.807, 2.05) is 56.3 Å². The molecule has 3 rings (SSSR count). The van der Waals surface area contributed by atoms with Gasteiger partial charge in [-0.05, 0) is 49.6 Å². The number of aryl methyl sites for hydroxylation is 2. The summed E-state index contributed by atoms with van der Waals surface area (Å²) < 4.78 is 23.9. The molecule has 1 unspecified atom stereocenters. The molecule has 1 aliphatic heterocycles. The molecule has 0 saturated carbocycles. The number of carbonyl (C=O) groups is 1. The van der Waals surface area contributed by atoms with Crippen LogP contribution in [0.4, 0.5) is 11.4 Å². The summed E-state index contributed by atoms with van der Waals surface area (Å²) in [4.78, 5) is 14.6. The fourth-order valence-corrected chi connectivity index (χ4v) is 5.60. The quantitative estimate of drug-likeness (QED) is 0.823. The molecule has 0 spiro atoms. The largest absolute Gasteiger partial charge is 0.375 e. The van der Waals surface area contributed by atoms with Crippen LogP contribution in [0.1, 0.15) is 17.5 Å². The second-order valence-corrected chi connectivity index (χ2v) is 9.58. The van der Waals surface area contributed by atoms with E-state index in [1.165, 1.54) is 0 Å². The Kier molecular flexibility index (Phi) is 5.77. The minimum Gasteiger partial charge on any atom is -0.375 e. The molecule has 1 aliphatic rings. The minimum absolute atomic E-state index is 0.00203. The number of benzene rings is 2. The van der Waals surface area contributed by atoms with Crippen LogP contribution in [-0.4, -0.2) is 38.4 Å². The van der Waals surface area contributed by atoms with Crippen LogP contribution in [0.3, 0.4) is 0 Å². The Morgan fingerprint density at radius 1 is 1.22 bits per heavy atom. The number of hydrogen-bond donors (Lipinski definition) is 1. The SMILES string of the molecule is Cc1cc(C)c(NCC(=O)N(c2ccccc2)C2CCS(=O)(=O)C2)c(Cl)c1. The molecule has 1 amide bonds. The molecule has 144 valence electrons. The van der Waals surface area contributed by atoms with E-state index >= 15 is 0 Å². The van der Waals surface area contributed by atoms with Crippen LogP contribution in [0.2, 0.25) is 5.02 Å². The van der Waals surface area contributed by atoms with E-state index in [1.54, 1.807) is 4.90 Å². The molecule has 1 fully saturated rings. The highest BCUT2D eigenvalue weighted by Crippen LogP contribution is 2.28. The molecule has 2 aromatic rings. The zero-order valence-corrected chi connectivity index (χ0v) is 17.0. The molecule has 0 aliphatic carbocycles. The zero-order chi connectivity index (χ0) is 19.6. The van der Waals surface area contributed by atoms with Gasteiger partial charge in [-0.3, -0.25) is 4.79 Å². The van der Waals surface area contributed by atoms with Crippen molar-refractivity contribution < 1.29 is 13.2 Å². The summed E-state index contributed by atoms with van der Waals surface area (Å²) in [5, 5.41) is 3.69. The lowest BCUT2D eigenvalue weighted by Gasteiger charge is -2.29. The molecule has 1 atom stereocenters. The standard InChI is InChI=1S/C20H23ClN2O3S/c1-14-10-15(2)20(18(21)11-14)22-12-19(24)23(16-6-4-3-5-7-16)17-8-9-27(25,26)13-17/h3-7,10-11,17,22H,8-9,12-13H2,1-2H3. The zero-order valence-electron chi connectivity index (χ0n) is 15.4. The average molecular weight is 407 g/mol. The van der Waals surface area contributed by atoms with Gasteiger partial charge in [0.15, 0.2) is 9.84 Å². The second-order valence-electron chi connectivity index (χ2n) is 6.95. The van der Waals surface area contributed by atoms with Crippen LogP contribution >= 0.6 is 11.6 Å². The van der Waals surface area contributed by atoms with Gasteiger partial charge in [0.2, 0.25) is 5.91 Å². The van der Waals surface area contributed by atoms with Gasteiger partial charge < -0.3 is 10.2 Å². The molecule has 7 heteroatoms. The molecule has 2 aromatic carbocycles. The minimum atomic E-state index is -3.10. The Balaban J connectivity index is 1.82. The maximum absolute atomic E-state index is 13.0. The third kappa shape index (κ3) is 4.62. The van der Waals surface area contributed by atoms with E-state index in [-0.39, 0.29) is 30.0 Å². The summed E-state index contributed by atoms with van der Waals surface area (Å²) in [5.41, 5.74) is 3.44. The van der Waals surface area contributed by atoms with Crippen molar-refractivity contribution in [1.29, 1.82) is 0 Å². The van der Waals surface area contributed by atoms with Crippen LogP contribution in [0.25, 0.3) is 0 Å². The molecule has 0 radical (unpaired) electrons. The summed E-state index contributed by atoms with van der Waals surface area (Å²) in [6, 6.07) is 12.7. The second kappa shape index (κ2) is 7.90. The third-order valence-corrected chi connectivity index (χ3v) is 6.77. The third-order valence-electron chi connectivity index (χ3n) is 4.72. The molecule has 1 saturated heterocycles. The highest BCUT2D eigenvalue weighted by molar-refractivity contribution is 7.91. The predicted octanol–water partition coefficient (Wildman–Crippen LogP) is 3.59. The van der Waals surface area contributed by atoms with E-state index in [9.17, 15) is 13.2 Å². The van der Waals surface area contributed by atoms with Crippen LogP contribution < -0.4 is 10.2 Å². The number of nitrogens with one attached hydrogen (secondary N) is 1. The number of hydrogen-bond acceptors (Lipinski definition) is 4. The average Bonchev–Trinajstić information content (AvgIpc) is 2.94. The van der Waals surface area contributed by atoms with Gasteiger partial charge in [-0.15, -0.1) is 0 Å². The number of rotatable bonds is 5. The van der Waals surface area contributed by atoms with E-state index < -0.39 is 9.84 Å². The fourth-order valence-electron chi connectivity index (χ4n) is 3.51. The summed E-state index contributed by atoms with van der Waals surface area (Å²) in [6.45, 7) is 3.94. The van der Waals surface area contributed by atoms with Gasteiger partial charge in [-0.2, -0.15) is 0 Å². The van der Waals surface area contributed by atoms with Gasteiger partial charge in [0.25, 0.3) is 0 Å². The first-order valence-corrected chi connectivity index (χ1v) is 11.0. The van der Waals surface area contributed by atoms with E-state index in [0.29, 0.717) is 17.1 Å². The van der Waals surface area contributed by atoms with Crippen molar-refractivity contribution in [2.24, 2.45) is 0 Å². The number of nitrogens with zero attached hydrogens (tertiary/aromatic N) is 1. The Labute approximate surface area is 165 Å². The number of sulfone groups is 1. The van der Waals surface area contributed by atoms with Crippen molar-refractivity contribution in [1.82, 2.24) is 0 Å². The van der Waals surface area contributed by atoms with E-state index in [4.69, 9.17) is 11.6 Å². The molecule has 0 aromatic heterocycles. The first kappa shape index (κ1) is 19.7. The summed E-state index contributed by atoms with van der Waals surface area (Å²) in [7, 11) is -3.10. The van der Waals surface area contributed by atoms with Crippen molar-refractivity contribution in [3.63, 3.8) is 0 Å². The smallest absolute Gasteiger partial charge is 0.246 e. The Hall–Kier alpha value is -2.05. The van der Waals surface area contributed by atoms with Crippen molar-refractivity contribution in [2.45, 2.75) is 26.3 Å². The van der Waals surface area contributed by atoms with Gasteiger partial charge in [-0.1, -0.05) is 35.9 Å². The molecular weight excluding hydrogens is 384 g/mol. The van der Waals surface area contributed by atoms with Gasteiger partial charge in [0, 0.05) is 5.69 Å². The molecule has 1 heterocycles. The van der Waals surface area contributed by atoms with Crippen LogP contribution in [0.5, 0.6) is 0 Å². The number of para-hydroxylation sites is 1. The monoisotopic (exact) mass is 406 g/mol. The van der Waals surface area contributed by atoms with Gasteiger partial charge in [0.1, 0.15) is 0 Å². The molecule has 1 N–H and O–H groups in total. The van der Waals surface area contributed by atoms with E-state index in [0.717, 1.165) is 16.8 Å². The highest BCUT2D eigenvalue weighted by atomic mass is 35.5. The first-order chi connectivity index (χ1) is 12.8. The number of carbonyl (C=O) groups excluding carboxylic acids is 1. The Bertz CT molecular complexity index is 922. The highest BCUT2D eigenvalue weighted by Gasteiger charge is 2.35. The van der Waals surface area contributed by atoms with Gasteiger partial charge >= 0.3 is 0 Å². The van der Waals surface area contributed by atoms with Crippen LogP contribution in [0, 0.1) is 13.8 Å². The van der Waals surface area contributed by atoms with Crippen molar-refractivity contribution in [2.75, 3.05) is 28.3 Å². The maximum atomic E-state index is 13.0. The summed E-state index contributed by atoms with van der Waals surface area (Å²) >= 11 is 6.31. The van der Waals surface area contributed by atoms with Gasteiger partial charge in [0.05, 0.1) is 34.8 Å². The van der Waals surface area contributed by atoms with Crippen molar-refractivity contribution in [3.05, 3.63) is 58.6 Å². The molecule has 0 bridgehead atoms. The number of amides is 1. The molecule has 27 heavy (non-hydrogen) atoms. The maximum Gasteiger partial charge on any atom is 0.246 e. The number of halogens is 1. The normalized spacial score (nSPS) is 18.3. The fraction of sp³-hybridized carbons (Fsp3) is 0.350. The lowest BCUT2D eigenvalue weighted by molar-refractivity contribution is -0.117. The Morgan fingerprint density at radius 2 is 1.93 bits per heavy atom. The number of anilines is 2. The lowest BCUT2D eigenvalue weighted by Crippen LogP contribution is -2.44. The van der Waals surface area contributed by atoms with Crippen molar-refractivity contribution >= 4 is 38.7 Å². The molecular formula is C20H23ClN2O3S. The Morgan fingerprint density at radius 3 is 2.52 bits per heavy atom.